The fraction of sp³-hybridized carbons (Fsp3) is 0.517. The smallest absolute Gasteiger partial charge is 0.341 e. The second-order valence-corrected chi connectivity index (χ2v) is 9.47. The first-order valence-electron chi connectivity index (χ1n) is 12.6. The molecular formula is C29H36FNO3. The lowest BCUT2D eigenvalue weighted by atomic mass is 9.73. The summed E-state index contributed by atoms with van der Waals surface area (Å²) in [5, 5.41) is 19.1. The molecule has 182 valence electrons. The van der Waals surface area contributed by atoms with Crippen LogP contribution in [-0.4, -0.2) is 23.4 Å². The molecule has 0 aliphatic heterocycles. The van der Waals surface area contributed by atoms with E-state index in [0.717, 1.165) is 55.2 Å². The van der Waals surface area contributed by atoms with Crippen molar-refractivity contribution in [2.45, 2.75) is 77.3 Å². The van der Waals surface area contributed by atoms with Crippen molar-refractivity contribution in [3.05, 3.63) is 53.6 Å². The zero-order valence-corrected chi connectivity index (χ0v) is 20.4. The van der Waals surface area contributed by atoms with Crippen LogP contribution in [0.25, 0.3) is 11.1 Å². The third-order valence-corrected chi connectivity index (χ3v) is 7.30. The van der Waals surface area contributed by atoms with Gasteiger partial charge in [0.1, 0.15) is 11.8 Å². The number of halogens is 1. The average Bonchev–Trinajstić information content (AvgIpc) is 2.87. The van der Waals surface area contributed by atoms with Crippen LogP contribution in [0.4, 0.5) is 4.39 Å². The average molecular weight is 466 g/mol. The Labute approximate surface area is 202 Å². The minimum atomic E-state index is -2.11. The molecule has 1 aliphatic rings. The Morgan fingerprint density at radius 2 is 1.82 bits per heavy atom. The van der Waals surface area contributed by atoms with E-state index in [4.69, 9.17) is 4.74 Å². The molecule has 0 radical (unpaired) electrons. The second kappa shape index (κ2) is 12.0. The van der Waals surface area contributed by atoms with Gasteiger partial charge in [-0.3, -0.25) is 0 Å². The van der Waals surface area contributed by atoms with E-state index >= 15 is 4.39 Å². The van der Waals surface area contributed by atoms with Gasteiger partial charge in [-0.1, -0.05) is 62.9 Å². The van der Waals surface area contributed by atoms with E-state index in [-0.39, 0.29) is 18.3 Å². The van der Waals surface area contributed by atoms with Crippen LogP contribution in [0.3, 0.4) is 0 Å². The normalized spacial score (nSPS) is 16.9. The number of rotatable bonds is 11. The predicted molar refractivity (Wildman–Crippen MR) is 133 cm³/mol. The van der Waals surface area contributed by atoms with Crippen molar-refractivity contribution in [1.82, 2.24) is 0 Å². The van der Waals surface area contributed by atoms with Crippen molar-refractivity contribution in [2.75, 3.05) is 6.61 Å². The number of nitriles is 1. The minimum Gasteiger partial charge on any atom is -0.492 e. The fourth-order valence-corrected chi connectivity index (χ4v) is 5.17. The summed E-state index contributed by atoms with van der Waals surface area (Å²) < 4.78 is 21.2. The molecule has 3 rings (SSSR count). The van der Waals surface area contributed by atoms with Crippen LogP contribution in [-0.2, 0) is 11.2 Å². The number of hydrogen-bond donors (Lipinski definition) is 1. The number of hydrogen-bond acceptors (Lipinski definition) is 3. The highest BCUT2D eigenvalue weighted by Gasteiger charge is 2.47. The number of carboxylic acid groups (broad SMARTS) is 1. The standard InChI is InChI=1S/C29H36FNO3/c1-3-21(19-29(30,28(32)33)26-8-6-5-7-9-26)10-11-22-12-14-23(15-13-22)24-16-17-27(34-4-2)25(18-24)20-31/h12-18,21,26H,3-11,19H2,1-2H3,(H,32,33)/t21?,29-/m0/s1. The van der Waals surface area contributed by atoms with E-state index in [1.807, 2.05) is 44.2 Å². The quantitative estimate of drug-likeness (QED) is 0.377. The lowest BCUT2D eigenvalue weighted by Gasteiger charge is -2.35. The minimum absolute atomic E-state index is 0.0343. The lowest BCUT2D eigenvalue weighted by molar-refractivity contribution is -0.158. The van der Waals surface area contributed by atoms with Crippen LogP contribution in [0.2, 0.25) is 0 Å². The van der Waals surface area contributed by atoms with Crippen molar-refractivity contribution < 1.29 is 19.0 Å². The molecular weight excluding hydrogens is 429 g/mol. The van der Waals surface area contributed by atoms with E-state index in [9.17, 15) is 15.2 Å². The molecule has 1 unspecified atom stereocenters. The van der Waals surface area contributed by atoms with Crippen LogP contribution < -0.4 is 4.74 Å². The molecule has 0 bridgehead atoms. The van der Waals surface area contributed by atoms with Crippen LogP contribution >= 0.6 is 0 Å². The van der Waals surface area contributed by atoms with Crippen molar-refractivity contribution >= 4 is 5.97 Å². The van der Waals surface area contributed by atoms with Gasteiger partial charge in [0.25, 0.3) is 0 Å². The molecule has 2 aromatic carbocycles. The summed E-state index contributed by atoms with van der Waals surface area (Å²) in [6.45, 7) is 4.43. The molecule has 34 heavy (non-hydrogen) atoms. The number of aliphatic carboxylic acids is 1. The number of nitrogens with zero attached hydrogens (tertiary/aromatic N) is 1. The van der Waals surface area contributed by atoms with Gasteiger partial charge in [0.2, 0.25) is 5.67 Å². The van der Waals surface area contributed by atoms with E-state index in [1.54, 1.807) is 0 Å². The highest BCUT2D eigenvalue weighted by Crippen LogP contribution is 2.41. The number of benzene rings is 2. The molecule has 4 nitrogen and oxygen atoms in total. The zero-order valence-electron chi connectivity index (χ0n) is 20.4. The summed E-state index contributed by atoms with van der Waals surface area (Å²) in [5.41, 5.74) is 1.51. The SMILES string of the molecule is CCOc1ccc(-c2ccc(CCC(CC)C[C@@](F)(C(=O)O)C3CCCCC3)cc2)cc1C#N. The van der Waals surface area contributed by atoms with Crippen LogP contribution in [0.5, 0.6) is 5.75 Å². The maximum atomic E-state index is 15.7. The lowest BCUT2D eigenvalue weighted by Crippen LogP contribution is -2.44. The fourth-order valence-electron chi connectivity index (χ4n) is 5.17. The number of carbonyl (C=O) groups is 1. The van der Waals surface area contributed by atoms with Gasteiger partial charge in [-0.25, -0.2) is 9.18 Å². The first-order valence-corrected chi connectivity index (χ1v) is 12.6. The van der Waals surface area contributed by atoms with Crippen molar-refractivity contribution in [1.29, 1.82) is 5.26 Å². The summed E-state index contributed by atoms with van der Waals surface area (Å²) in [7, 11) is 0. The molecule has 1 aliphatic carbocycles. The third kappa shape index (κ3) is 6.17. The maximum absolute atomic E-state index is 15.7. The molecule has 5 heteroatoms. The Bertz CT molecular complexity index is 991. The van der Waals surface area contributed by atoms with E-state index in [2.05, 4.69) is 18.2 Å². The first kappa shape index (κ1) is 25.7. The molecule has 0 saturated heterocycles. The van der Waals surface area contributed by atoms with Crippen LogP contribution in [0.1, 0.15) is 76.3 Å². The molecule has 1 saturated carbocycles. The van der Waals surface area contributed by atoms with Crippen molar-refractivity contribution in [2.24, 2.45) is 11.8 Å². The van der Waals surface area contributed by atoms with Gasteiger partial charge >= 0.3 is 5.97 Å². The number of carboxylic acids is 1. The van der Waals surface area contributed by atoms with Crippen molar-refractivity contribution in [3.63, 3.8) is 0 Å². The number of ether oxygens (including phenoxy) is 1. The summed E-state index contributed by atoms with van der Waals surface area (Å²) in [5.74, 6) is -1.02. The largest absolute Gasteiger partial charge is 0.492 e. The van der Waals surface area contributed by atoms with Crippen LogP contribution in [0, 0.1) is 23.2 Å². The van der Waals surface area contributed by atoms with E-state index in [1.165, 1.54) is 0 Å². The summed E-state index contributed by atoms with van der Waals surface area (Å²) in [6.07, 6.45) is 6.72. The number of aryl methyl sites for hydroxylation is 1. The first-order chi connectivity index (χ1) is 16.4. The predicted octanol–water partition coefficient (Wildman–Crippen LogP) is 7.35. The van der Waals surface area contributed by atoms with Crippen molar-refractivity contribution in [3.8, 4) is 22.9 Å². The Morgan fingerprint density at radius 1 is 1.15 bits per heavy atom. The Balaban J connectivity index is 1.64. The number of alkyl halides is 1. The molecule has 0 spiro atoms. The highest BCUT2D eigenvalue weighted by molar-refractivity contribution is 5.77. The molecule has 1 fully saturated rings. The third-order valence-electron chi connectivity index (χ3n) is 7.30. The van der Waals surface area contributed by atoms with E-state index in [0.29, 0.717) is 30.8 Å². The summed E-state index contributed by atoms with van der Waals surface area (Å²) in [4.78, 5) is 11.9. The van der Waals surface area contributed by atoms with Gasteiger partial charge in [0.15, 0.2) is 0 Å². The summed E-state index contributed by atoms with van der Waals surface area (Å²) in [6, 6.07) is 16.0. The molecule has 0 amide bonds. The second-order valence-electron chi connectivity index (χ2n) is 9.47. The Kier molecular flexibility index (Phi) is 9.10. The van der Waals surface area contributed by atoms with Gasteiger partial charge in [-0.05, 0) is 73.8 Å². The monoisotopic (exact) mass is 465 g/mol. The van der Waals surface area contributed by atoms with Gasteiger partial charge in [-0.2, -0.15) is 5.26 Å². The zero-order chi connectivity index (χ0) is 24.6. The molecule has 2 aromatic rings. The maximum Gasteiger partial charge on any atom is 0.341 e. The van der Waals surface area contributed by atoms with Gasteiger partial charge in [-0.15, -0.1) is 0 Å². The Morgan fingerprint density at radius 3 is 2.41 bits per heavy atom. The molecule has 0 heterocycles. The van der Waals surface area contributed by atoms with E-state index < -0.39 is 11.6 Å². The van der Waals surface area contributed by atoms with Crippen LogP contribution in [0.15, 0.2) is 42.5 Å². The molecule has 0 aromatic heterocycles. The highest BCUT2D eigenvalue weighted by atomic mass is 19.1. The molecule has 2 atom stereocenters. The molecule has 1 N–H and O–H groups in total. The van der Waals surface area contributed by atoms with Gasteiger partial charge in [0.05, 0.1) is 12.2 Å². The van der Waals surface area contributed by atoms with Gasteiger partial charge in [0, 0.05) is 5.92 Å². The Hall–Kier alpha value is -2.87. The topological polar surface area (TPSA) is 70.3 Å². The summed E-state index contributed by atoms with van der Waals surface area (Å²) >= 11 is 0. The van der Waals surface area contributed by atoms with Gasteiger partial charge < -0.3 is 9.84 Å².